The van der Waals surface area contributed by atoms with E-state index in [0.29, 0.717) is 18.0 Å². The summed E-state index contributed by atoms with van der Waals surface area (Å²) in [5, 5.41) is 0. The fraction of sp³-hybridized carbons (Fsp3) is 0.786. The maximum atomic E-state index is 2.85. The second-order valence-corrected chi connectivity index (χ2v) is 9.80. The molecule has 0 radical (unpaired) electrons. The van der Waals surface area contributed by atoms with Gasteiger partial charge in [-0.15, -0.1) is 0 Å². The second kappa shape index (κ2) is 10.3. The summed E-state index contributed by atoms with van der Waals surface area (Å²) >= 11 is 0. The number of hydrogen-bond donors (Lipinski definition) is 0. The third kappa shape index (κ3) is 3.95. The number of piperidine rings is 2. The Morgan fingerprint density at radius 3 is 2.06 bits per heavy atom. The van der Waals surface area contributed by atoms with Crippen molar-refractivity contribution in [1.82, 2.24) is 9.80 Å². The molecule has 31 heavy (non-hydrogen) atoms. The molecule has 178 valence electrons. The van der Waals surface area contributed by atoms with Crippen LogP contribution in [-0.2, 0) is 0 Å². The zero-order chi connectivity index (χ0) is 23.6. The normalized spacial score (nSPS) is 31.9. The van der Waals surface area contributed by atoms with Gasteiger partial charge in [-0.2, -0.15) is 0 Å². The minimum absolute atomic E-state index is 0.0272. The highest BCUT2D eigenvalue weighted by Crippen LogP contribution is 2.57. The van der Waals surface area contributed by atoms with Crippen LogP contribution in [0.25, 0.3) is 0 Å². The van der Waals surface area contributed by atoms with Gasteiger partial charge in [0.05, 0.1) is 11.7 Å². The van der Waals surface area contributed by atoms with Crippen molar-refractivity contribution in [2.45, 2.75) is 118 Å². The molecule has 4 heterocycles. The lowest BCUT2D eigenvalue weighted by atomic mass is 9.68. The van der Waals surface area contributed by atoms with Gasteiger partial charge in [-0.25, -0.2) is 0 Å². The highest BCUT2D eigenvalue weighted by atomic mass is 15.5. The molecule has 1 aromatic rings. The fourth-order valence-corrected chi connectivity index (χ4v) is 6.92. The van der Waals surface area contributed by atoms with Crippen LogP contribution in [0.5, 0.6) is 0 Å². The maximum absolute atomic E-state index is 2.85. The molecule has 0 aliphatic carbocycles. The molecule has 1 aromatic carbocycles. The van der Waals surface area contributed by atoms with E-state index in [9.17, 15) is 0 Å². The van der Waals surface area contributed by atoms with Crippen LogP contribution in [0.3, 0.4) is 0 Å². The van der Waals surface area contributed by atoms with Gasteiger partial charge in [-0.1, -0.05) is 59.7 Å². The van der Waals surface area contributed by atoms with Gasteiger partial charge in [-0.3, -0.25) is 9.80 Å². The first kappa shape index (κ1) is 26.2. The Balaban J connectivity index is 0.000000527. The van der Waals surface area contributed by atoms with E-state index in [0.717, 1.165) is 5.92 Å². The molecule has 0 amide bonds. The molecule has 3 heteroatoms. The lowest BCUT2D eigenvalue weighted by molar-refractivity contribution is -0.0312. The standard InChI is InChI=1S/C22H33N3.3C2H6/c1-21(2)17-10-8-13-24-14-12-16-15-9-6-7-11-18(15)25(19(16)20(17)24)22(3,4)23(21)5;3*1-2/h6-7,9,11,16-17,19-20H,8,10,12-14H2,1-5H3;3*1-2H3. The molecule has 4 aliphatic heterocycles. The van der Waals surface area contributed by atoms with Gasteiger partial charge in [0.15, 0.2) is 0 Å². The van der Waals surface area contributed by atoms with E-state index < -0.39 is 0 Å². The van der Waals surface area contributed by atoms with Crippen LogP contribution in [0.1, 0.15) is 100.0 Å². The average molecular weight is 430 g/mol. The number of benzene rings is 1. The van der Waals surface area contributed by atoms with Crippen LogP contribution in [0, 0.1) is 5.92 Å². The van der Waals surface area contributed by atoms with Crippen molar-refractivity contribution in [3.63, 3.8) is 0 Å². The van der Waals surface area contributed by atoms with Crippen molar-refractivity contribution >= 4 is 5.69 Å². The van der Waals surface area contributed by atoms with E-state index >= 15 is 0 Å². The minimum atomic E-state index is 0.0272. The van der Waals surface area contributed by atoms with Crippen LogP contribution in [0.4, 0.5) is 5.69 Å². The summed E-state index contributed by atoms with van der Waals surface area (Å²) in [6, 6.07) is 10.6. The third-order valence-electron chi connectivity index (χ3n) is 8.36. The molecule has 0 N–H and O–H groups in total. The van der Waals surface area contributed by atoms with Crippen LogP contribution < -0.4 is 4.90 Å². The summed E-state index contributed by atoms with van der Waals surface area (Å²) in [6.45, 7) is 24.5. The number of para-hydroxylation sites is 1. The Bertz CT molecular complexity index is 695. The SMILES string of the molecule is CC.CC.CC.CN1C(C)(C)C2CCCN3CCC4c5ccccc5N(C4C23)C1(C)C. The van der Waals surface area contributed by atoms with E-state index in [-0.39, 0.29) is 11.2 Å². The van der Waals surface area contributed by atoms with Crippen LogP contribution in [0.2, 0.25) is 0 Å². The molecule has 4 unspecified atom stereocenters. The van der Waals surface area contributed by atoms with Gasteiger partial charge in [-0.05, 0) is 84.6 Å². The van der Waals surface area contributed by atoms with Gasteiger partial charge in [0.1, 0.15) is 0 Å². The molecule has 3 nitrogen and oxygen atoms in total. The molecule has 3 fully saturated rings. The van der Waals surface area contributed by atoms with E-state index in [1.54, 1.807) is 5.56 Å². The Morgan fingerprint density at radius 1 is 0.806 bits per heavy atom. The Labute approximate surface area is 194 Å². The molecule has 0 spiro atoms. The second-order valence-electron chi connectivity index (χ2n) is 9.80. The van der Waals surface area contributed by atoms with Gasteiger partial charge in [0.2, 0.25) is 0 Å². The zero-order valence-corrected chi connectivity index (χ0v) is 22.5. The summed E-state index contributed by atoms with van der Waals surface area (Å²) in [6.07, 6.45) is 4.06. The summed E-state index contributed by atoms with van der Waals surface area (Å²) in [5.41, 5.74) is 3.35. The molecule has 0 bridgehead atoms. The smallest absolute Gasteiger partial charge is 0.0881 e. The van der Waals surface area contributed by atoms with Crippen molar-refractivity contribution in [1.29, 1.82) is 0 Å². The van der Waals surface area contributed by atoms with Crippen molar-refractivity contribution < 1.29 is 0 Å². The predicted molar refractivity (Wildman–Crippen MR) is 138 cm³/mol. The number of rotatable bonds is 0. The number of hydrogen-bond acceptors (Lipinski definition) is 3. The molecule has 4 aliphatic rings. The highest BCUT2D eigenvalue weighted by Gasteiger charge is 2.61. The van der Waals surface area contributed by atoms with E-state index in [1.807, 2.05) is 41.5 Å². The Morgan fingerprint density at radius 2 is 1.42 bits per heavy atom. The molecule has 0 saturated carbocycles. The zero-order valence-electron chi connectivity index (χ0n) is 22.5. The first-order chi connectivity index (χ1) is 14.8. The van der Waals surface area contributed by atoms with Crippen LogP contribution in [-0.4, -0.2) is 53.2 Å². The van der Waals surface area contributed by atoms with Crippen molar-refractivity contribution in [2.24, 2.45) is 5.92 Å². The maximum Gasteiger partial charge on any atom is 0.0881 e. The highest BCUT2D eigenvalue weighted by molar-refractivity contribution is 5.65. The van der Waals surface area contributed by atoms with Crippen molar-refractivity contribution in [3.8, 4) is 0 Å². The predicted octanol–water partition coefficient (Wildman–Crippen LogP) is 6.98. The number of nitrogens with zero attached hydrogens (tertiary/aromatic N) is 3. The van der Waals surface area contributed by atoms with Crippen molar-refractivity contribution in [3.05, 3.63) is 29.8 Å². The van der Waals surface area contributed by atoms with Gasteiger partial charge in [0.25, 0.3) is 0 Å². The average Bonchev–Trinajstić information content (AvgIpc) is 3.15. The lowest BCUT2D eigenvalue weighted by Gasteiger charge is -2.53. The number of fused-ring (bicyclic) bond motifs is 3. The minimum Gasteiger partial charge on any atom is -0.348 e. The Hall–Kier alpha value is -1.06. The van der Waals surface area contributed by atoms with Crippen LogP contribution in [0.15, 0.2) is 24.3 Å². The lowest BCUT2D eigenvalue weighted by Crippen LogP contribution is -2.63. The quantitative estimate of drug-likeness (QED) is 0.440. The van der Waals surface area contributed by atoms with Crippen molar-refractivity contribution in [2.75, 3.05) is 25.0 Å². The van der Waals surface area contributed by atoms with E-state index in [2.05, 4.69) is 73.7 Å². The summed E-state index contributed by atoms with van der Waals surface area (Å²) in [4.78, 5) is 8.35. The molecular weight excluding hydrogens is 378 g/mol. The fourth-order valence-electron chi connectivity index (χ4n) is 6.92. The largest absolute Gasteiger partial charge is 0.348 e. The van der Waals surface area contributed by atoms with Crippen LogP contribution >= 0.6 is 0 Å². The first-order valence-corrected chi connectivity index (χ1v) is 13.2. The third-order valence-corrected chi connectivity index (χ3v) is 8.36. The molecule has 3 saturated heterocycles. The molecule has 0 aromatic heterocycles. The summed E-state index contributed by atoms with van der Waals surface area (Å²) in [7, 11) is 2.37. The summed E-state index contributed by atoms with van der Waals surface area (Å²) < 4.78 is 0. The van der Waals surface area contributed by atoms with E-state index in [1.165, 1.54) is 38.0 Å². The first-order valence-electron chi connectivity index (χ1n) is 13.2. The Kier molecular flexibility index (Phi) is 8.66. The van der Waals surface area contributed by atoms with Gasteiger partial charge >= 0.3 is 0 Å². The monoisotopic (exact) mass is 429 g/mol. The molecular formula is C28H51N3. The molecule has 5 rings (SSSR count). The number of anilines is 1. The van der Waals surface area contributed by atoms with Gasteiger partial charge < -0.3 is 4.90 Å². The topological polar surface area (TPSA) is 9.72 Å². The molecule has 4 atom stereocenters. The summed E-state index contributed by atoms with van der Waals surface area (Å²) in [5.74, 6) is 1.46. The van der Waals surface area contributed by atoms with Gasteiger partial charge in [0, 0.05) is 23.2 Å². The van der Waals surface area contributed by atoms with E-state index in [4.69, 9.17) is 0 Å².